The van der Waals surface area contributed by atoms with Crippen LogP contribution in [0.1, 0.15) is 72.1 Å². The van der Waals surface area contributed by atoms with E-state index < -0.39 is 5.97 Å². The predicted octanol–water partition coefficient (Wildman–Crippen LogP) is 0.507. The van der Waals surface area contributed by atoms with Gasteiger partial charge in [0.1, 0.15) is 0 Å². The number of quaternary nitrogens is 1. The van der Waals surface area contributed by atoms with Crippen molar-refractivity contribution >= 4 is 12.1 Å². The van der Waals surface area contributed by atoms with Gasteiger partial charge in [-0.15, -0.1) is 0 Å². The monoisotopic (exact) mass is 306 g/mol. The molecule has 0 aromatic heterocycles. The maximum atomic E-state index is 9.76. The Balaban J connectivity index is -0.0000000977. The van der Waals surface area contributed by atoms with Crippen molar-refractivity contribution in [2.45, 2.75) is 72.1 Å². The summed E-state index contributed by atoms with van der Waals surface area (Å²) in [6.45, 7) is 8.28. The molecule has 0 saturated carbocycles. The van der Waals surface area contributed by atoms with Crippen LogP contribution in [0.5, 0.6) is 0 Å². The molecule has 0 spiro atoms. The fourth-order valence-corrected chi connectivity index (χ4v) is 0.973. The number of rotatable bonds is 8. The Bertz CT molecular complexity index is 196. The molecule has 0 heterocycles. The lowest BCUT2D eigenvalue weighted by Gasteiger charge is -1.97. The molecule has 0 aromatic carbocycles. The average Bonchev–Trinajstić information content (AvgIpc) is 2.43. The highest BCUT2D eigenvalue weighted by Gasteiger charge is 1.84. The SMILES string of the molecule is CCCCCC(=O)[O-].CCCCN.CCCC[NH3+].O=C=O. The fraction of sp³-hybridized carbons (Fsp3) is 0.867. The Hall–Kier alpha value is -1.23. The molecule has 0 fully saturated rings. The van der Waals surface area contributed by atoms with Crippen LogP contribution >= 0.6 is 0 Å². The quantitative estimate of drug-likeness (QED) is 0.631. The lowest BCUT2D eigenvalue weighted by atomic mass is 10.2. The smallest absolute Gasteiger partial charge is 0.373 e. The highest BCUT2D eigenvalue weighted by atomic mass is 16.4. The van der Waals surface area contributed by atoms with Crippen molar-refractivity contribution in [2.75, 3.05) is 13.1 Å². The van der Waals surface area contributed by atoms with Crippen LogP contribution in [-0.4, -0.2) is 25.2 Å². The number of carbonyl (C=O) groups excluding carboxylic acids is 3. The van der Waals surface area contributed by atoms with E-state index in [9.17, 15) is 9.90 Å². The van der Waals surface area contributed by atoms with Gasteiger partial charge in [0.25, 0.3) is 0 Å². The summed E-state index contributed by atoms with van der Waals surface area (Å²) in [7, 11) is 0. The third-order valence-electron chi connectivity index (χ3n) is 2.15. The predicted molar refractivity (Wildman–Crippen MR) is 80.8 cm³/mol. The first-order valence-corrected chi connectivity index (χ1v) is 7.70. The van der Waals surface area contributed by atoms with E-state index >= 15 is 0 Å². The van der Waals surface area contributed by atoms with E-state index in [1.165, 1.54) is 25.7 Å². The Morgan fingerprint density at radius 2 is 1.43 bits per heavy atom. The Labute approximate surface area is 129 Å². The zero-order valence-electron chi connectivity index (χ0n) is 14.0. The highest BCUT2D eigenvalue weighted by molar-refractivity contribution is 5.63. The van der Waals surface area contributed by atoms with Gasteiger partial charge >= 0.3 is 6.15 Å². The molecular weight excluding hydrogens is 272 g/mol. The Kier molecular flexibility index (Phi) is 48.5. The van der Waals surface area contributed by atoms with Gasteiger partial charge in [-0.2, -0.15) is 9.59 Å². The van der Waals surface area contributed by atoms with Crippen LogP contribution in [0.15, 0.2) is 0 Å². The Morgan fingerprint density at radius 3 is 1.57 bits per heavy atom. The topological polar surface area (TPSA) is 128 Å². The van der Waals surface area contributed by atoms with Crippen LogP contribution in [0, 0.1) is 0 Å². The molecule has 0 aromatic rings. The molecule has 128 valence electrons. The van der Waals surface area contributed by atoms with Crippen LogP contribution in [-0.2, 0) is 14.4 Å². The maximum Gasteiger partial charge on any atom is 0.373 e. The summed E-state index contributed by atoms with van der Waals surface area (Å²) in [5, 5.41) is 9.76. The molecule has 0 rings (SSSR count). The average molecular weight is 306 g/mol. The number of hydrogen-bond acceptors (Lipinski definition) is 5. The third-order valence-corrected chi connectivity index (χ3v) is 2.15. The lowest BCUT2D eigenvalue weighted by Crippen LogP contribution is -2.49. The fourth-order valence-electron chi connectivity index (χ4n) is 0.973. The van der Waals surface area contributed by atoms with Gasteiger partial charge in [-0.3, -0.25) is 0 Å². The molecule has 0 aliphatic carbocycles. The number of carboxylic acids is 1. The number of aliphatic carboxylic acids is 1. The van der Waals surface area contributed by atoms with Crippen molar-refractivity contribution in [1.82, 2.24) is 0 Å². The number of carboxylic acid groups (broad SMARTS) is 1. The van der Waals surface area contributed by atoms with Gasteiger partial charge < -0.3 is 21.4 Å². The van der Waals surface area contributed by atoms with Gasteiger partial charge in [-0.1, -0.05) is 46.5 Å². The minimum Gasteiger partial charge on any atom is -0.550 e. The van der Waals surface area contributed by atoms with Crippen molar-refractivity contribution in [2.24, 2.45) is 5.73 Å². The largest absolute Gasteiger partial charge is 0.550 e. The van der Waals surface area contributed by atoms with E-state index in [0.717, 1.165) is 32.4 Å². The maximum absolute atomic E-state index is 9.76. The summed E-state index contributed by atoms with van der Waals surface area (Å²) >= 11 is 0. The third kappa shape index (κ3) is 87.4. The summed E-state index contributed by atoms with van der Waals surface area (Å²) in [4.78, 5) is 26.0. The molecule has 6 nitrogen and oxygen atoms in total. The first-order chi connectivity index (χ1) is 10.0. The molecule has 0 aliphatic rings. The second-order valence-electron chi connectivity index (χ2n) is 4.26. The number of unbranched alkanes of at least 4 members (excludes halogenated alkanes) is 4. The molecule has 0 unspecified atom stereocenters. The summed E-state index contributed by atoms with van der Waals surface area (Å²) in [5.74, 6) is -0.932. The van der Waals surface area contributed by atoms with Crippen molar-refractivity contribution in [3.8, 4) is 0 Å². The molecule has 0 radical (unpaired) electrons. The van der Waals surface area contributed by atoms with Crippen LogP contribution < -0.4 is 16.6 Å². The summed E-state index contributed by atoms with van der Waals surface area (Å²) in [6.07, 6.45) is 8.23. The molecule has 6 heteroatoms. The summed E-state index contributed by atoms with van der Waals surface area (Å²) in [5.41, 5.74) is 8.81. The number of carbonyl (C=O) groups is 1. The van der Waals surface area contributed by atoms with Gasteiger partial charge in [0.05, 0.1) is 6.54 Å². The van der Waals surface area contributed by atoms with Crippen LogP contribution in [0.25, 0.3) is 0 Å². The second kappa shape index (κ2) is 36.3. The van der Waals surface area contributed by atoms with Gasteiger partial charge in [0.2, 0.25) is 0 Å². The summed E-state index contributed by atoms with van der Waals surface area (Å²) < 4.78 is 0. The molecule has 0 atom stereocenters. The van der Waals surface area contributed by atoms with Crippen LogP contribution in [0.2, 0.25) is 0 Å². The van der Waals surface area contributed by atoms with Gasteiger partial charge in [-0.25, -0.2) is 0 Å². The van der Waals surface area contributed by atoms with E-state index in [2.05, 4.69) is 19.6 Å². The first kappa shape index (κ1) is 28.0. The lowest BCUT2D eigenvalue weighted by molar-refractivity contribution is -0.368. The molecule has 0 aliphatic heterocycles. The van der Waals surface area contributed by atoms with E-state index in [0.29, 0.717) is 0 Å². The molecule has 5 N–H and O–H groups in total. The minimum atomic E-state index is -0.932. The molecule has 0 amide bonds. The molecule has 0 saturated heterocycles. The van der Waals surface area contributed by atoms with Crippen LogP contribution in [0.4, 0.5) is 0 Å². The zero-order chi connectivity index (χ0) is 17.4. The van der Waals surface area contributed by atoms with Gasteiger partial charge in [0.15, 0.2) is 0 Å². The van der Waals surface area contributed by atoms with E-state index in [4.69, 9.17) is 15.3 Å². The minimum absolute atomic E-state index is 0.216. The summed E-state index contributed by atoms with van der Waals surface area (Å²) in [6, 6.07) is 0. The standard InChI is InChI=1S/C6H12O2.2C4H11N.CO2/c1-2-3-4-5-6(7)8;2*1-2-3-4-5;2-1-3/h2-5H2,1H3,(H,7,8);2*2-5H2,1H3;. The van der Waals surface area contributed by atoms with Crippen molar-refractivity contribution in [3.63, 3.8) is 0 Å². The highest BCUT2D eigenvalue weighted by Crippen LogP contribution is 1.96. The van der Waals surface area contributed by atoms with E-state index in [1.807, 2.05) is 6.92 Å². The van der Waals surface area contributed by atoms with Crippen molar-refractivity contribution < 1.29 is 25.2 Å². The second-order valence-corrected chi connectivity index (χ2v) is 4.26. The van der Waals surface area contributed by atoms with Gasteiger partial charge in [0, 0.05) is 5.97 Å². The first-order valence-electron chi connectivity index (χ1n) is 7.70. The molecule has 0 bridgehead atoms. The molecular formula is C15H34N2O4. The number of hydrogen-bond donors (Lipinski definition) is 2. The van der Waals surface area contributed by atoms with Crippen LogP contribution in [0.3, 0.4) is 0 Å². The van der Waals surface area contributed by atoms with E-state index in [1.54, 1.807) is 0 Å². The van der Waals surface area contributed by atoms with Crippen molar-refractivity contribution in [3.05, 3.63) is 0 Å². The number of nitrogens with two attached hydrogens (primary N) is 1. The normalized spacial score (nSPS) is 7.86. The zero-order valence-corrected chi connectivity index (χ0v) is 14.0. The van der Waals surface area contributed by atoms with E-state index in [-0.39, 0.29) is 12.6 Å². The Morgan fingerprint density at radius 1 is 1.00 bits per heavy atom. The van der Waals surface area contributed by atoms with Gasteiger partial charge in [-0.05, 0) is 32.2 Å². The molecule has 21 heavy (non-hydrogen) atoms. The van der Waals surface area contributed by atoms with Crippen molar-refractivity contribution in [1.29, 1.82) is 0 Å².